The molecule has 1 heterocycles. The highest BCUT2D eigenvalue weighted by Gasteiger charge is 2.44. The molecule has 0 aromatic heterocycles. The van der Waals surface area contributed by atoms with Crippen molar-refractivity contribution in [3.8, 4) is 0 Å². The van der Waals surface area contributed by atoms with Crippen molar-refractivity contribution in [3.63, 3.8) is 0 Å². The summed E-state index contributed by atoms with van der Waals surface area (Å²) in [7, 11) is 0. The molecule has 96 valence electrons. The second-order valence-electron chi connectivity index (χ2n) is 4.94. The maximum atomic E-state index is 12.0. The Balaban J connectivity index is 2.50. The number of carbonyl (C=O) groups is 2. The topological polar surface area (TPSA) is 58.2 Å². The minimum atomic E-state index is -0.949. The minimum absolute atomic E-state index is 0.284. The fourth-order valence-corrected chi connectivity index (χ4v) is 2.42. The number of imide groups is 1. The van der Waals surface area contributed by atoms with Gasteiger partial charge in [0.05, 0.1) is 0 Å². The first kappa shape index (κ1) is 12.6. The Hall–Kier alpha value is -1.84. The van der Waals surface area contributed by atoms with Crippen LogP contribution in [0.3, 0.4) is 0 Å². The molecule has 2 rings (SSSR count). The van der Waals surface area contributed by atoms with E-state index in [9.17, 15) is 9.59 Å². The molecule has 1 unspecified atom stereocenters. The van der Waals surface area contributed by atoms with Gasteiger partial charge in [-0.3, -0.25) is 10.1 Å². The fourth-order valence-electron chi connectivity index (χ4n) is 2.42. The highest BCUT2D eigenvalue weighted by molar-refractivity contribution is 6.07. The Kier molecular flexibility index (Phi) is 3.11. The van der Waals surface area contributed by atoms with E-state index in [0.717, 1.165) is 29.5 Å². The molecule has 1 fully saturated rings. The fraction of sp³-hybridized carbons (Fsp3) is 0.429. The van der Waals surface area contributed by atoms with Crippen molar-refractivity contribution in [3.05, 3.63) is 34.9 Å². The standard InChI is InChI=1S/C14H18N2O2/c1-4-5-10-8-9(2)6-7-11(10)14(3)12(17)15-13(18)16-14/h6-8H,4-5H2,1-3H3,(H2,15,16,17,18). The Morgan fingerprint density at radius 3 is 2.56 bits per heavy atom. The lowest BCUT2D eigenvalue weighted by molar-refractivity contribution is -0.123. The third-order valence-electron chi connectivity index (χ3n) is 3.36. The second-order valence-corrected chi connectivity index (χ2v) is 4.94. The molecule has 3 amide bonds. The summed E-state index contributed by atoms with van der Waals surface area (Å²) in [4.78, 5) is 23.3. The van der Waals surface area contributed by atoms with Crippen LogP contribution < -0.4 is 10.6 Å². The molecule has 0 saturated carbocycles. The first-order chi connectivity index (χ1) is 8.47. The maximum absolute atomic E-state index is 12.0. The van der Waals surface area contributed by atoms with E-state index in [-0.39, 0.29) is 5.91 Å². The summed E-state index contributed by atoms with van der Waals surface area (Å²) in [6.07, 6.45) is 1.90. The summed E-state index contributed by atoms with van der Waals surface area (Å²) in [5.41, 5.74) is 2.22. The van der Waals surface area contributed by atoms with Crippen LogP contribution in [0.15, 0.2) is 18.2 Å². The average molecular weight is 246 g/mol. The molecule has 1 aromatic rings. The normalized spacial score (nSPS) is 22.8. The number of amides is 3. The molecule has 1 atom stereocenters. The number of hydrogen-bond donors (Lipinski definition) is 2. The van der Waals surface area contributed by atoms with Crippen molar-refractivity contribution in [2.75, 3.05) is 0 Å². The number of aryl methyl sites for hydroxylation is 2. The van der Waals surface area contributed by atoms with Gasteiger partial charge in [0.1, 0.15) is 5.54 Å². The smallest absolute Gasteiger partial charge is 0.320 e. The lowest BCUT2D eigenvalue weighted by Gasteiger charge is -2.24. The largest absolute Gasteiger partial charge is 0.322 e. The molecule has 4 heteroatoms. The van der Waals surface area contributed by atoms with Gasteiger partial charge in [-0.2, -0.15) is 0 Å². The number of benzene rings is 1. The van der Waals surface area contributed by atoms with E-state index in [0.29, 0.717) is 0 Å². The number of rotatable bonds is 3. The highest BCUT2D eigenvalue weighted by atomic mass is 16.2. The summed E-state index contributed by atoms with van der Waals surface area (Å²) in [6, 6.07) is 5.57. The van der Waals surface area contributed by atoms with Crippen molar-refractivity contribution in [2.45, 2.75) is 39.2 Å². The first-order valence-electron chi connectivity index (χ1n) is 6.21. The predicted molar refractivity (Wildman–Crippen MR) is 69.2 cm³/mol. The molecule has 0 aliphatic carbocycles. The van der Waals surface area contributed by atoms with Crippen molar-refractivity contribution in [1.29, 1.82) is 0 Å². The van der Waals surface area contributed by atoms with Gasteiger partial charge in [0, 0.05) is 0 Å². The van der Waals surface area contributed by atoms with Gasteiger partial charge in [0.2, 0.25) is 0 Å². The maximum Gasteiger partial charge on any atom is 0.322 e. The van der Waals surface area contributed by atoms with Crippen molar-refractivity contribution in [2.24, 2.45) is 0 Å². The van der Waals surface area contributed by atoms with Crippen LogP contribution in [-0.2, 0) is 16.8 Å². The summed E-state index contributed by atoms with van der Waals surface area (Å²) >= 11 is 0. The van der Waals surface area contributed by atoms with Gasteiger partial charge in [0.25, 0.3) is 5.91 Å². The number of urea groups is 1. The SMILES string of the molecule is CCCc1cc(C)ccc1C1(C)NC(=O)NC1=O. The van der Waals surface area contributed by atoms with Gasteiger partial charge in [-0.25, -0.2) is 4.79 Å². The molecule has 0 bridgehead atoms. The van der Waals surface area contributed by atoms with Gasteiger partial charge in [-0.05, 0) is 31.4 Å². The van der Waals surface area contributed by atoms with Crippen LogP contribution >= 0.6 is 0 Å². The lowest BCUT2D eigenvalue weighted by atomic mass is 9.86. The molecule has 2 N–H and O–H groups in total. The Labute approximate surface area is 107 Å². The van der Waals surface area contributed by atoms with E-state index in [1.165, 1.54) is 0 Å². The summed E-state index contributed by atoms with van der Waals surface area (Å²) < 4.78 is 0. The van der Waals surface area contributed by atoms with E-state index in [1.807, 2.05) is 19.1 Å². The van der Waals surface area contributed by atoms with Crippen LogP contribution in [0.2, 0.25) is 0 Å². The molecular formula is C14H18N2O2. The summed E-state index contributed by atoms with van der Waals surface area (Å²) in [5.74, 6) is -0.284. The number of carbonyl (C=O) groups excluding carboxylic acids is 2. The van der Waals surface area contributed by atoms with Crippen LogP contribution in [0, 0.1) is 6.92 Å². The molecule has 1 aliphatic heterocycles. The molecule has 1 aromatic carbocycles. The van der Waals surface area contributed by atoms with E-state index in [4.69, 9.17) is 0 Å². The van der Waals surface area contributed by atoms with Gasteiger partial charge in [-0.1, -0.05) is 37.1 Å². The zero-order chi connectivity index (χ0) is 13.3. The number of hydrogen-bond acceptors (Lipinski definition) is 2. The minimum Gasteiger partial charge on any atom is -0.320 e. The summed E-state index contributed by atoms with van der Waals surface area (Å²) in [6.45, 7) is 5.87. The van der Waals surface area contributed by atoms with Gasteiger partial charge < -0.3 is 5.32 Å². The quantitative estimate of drug-likeness (QED) is 0.801. The van der Waals surface area contributed by atoms with Crippen LogP contribution in [0.1, 0.15) is 37.0 Å². The van der Waals surface area contributed by atoms with Crippen molar-refractivity contribution in [1.82, 2.24) is 10.6 Å². The third kappa shape index (κ3) is 1.98. The monoisotopic (exact) mass is 246 g/mol. The molecule has 1 aliphatic rings. The van der Waals surface area contributed by atoms with Gasteiger partial charge in [-0.15, -0.1) is 0 Å². The highest BCUT2D eigenvalue weighted by Crippen LogP contribution is 2.29. The Morgan fingerprint density at radius 2 is 2.00 bits per heavy atom. The molecule has 1 saturated heterocycles. The van der Waals surface area contributed by atoms with Crippen LogP contribution in [0.25, 0.3) is 0 Å². The second kappa shape index (κ2) is 4.44. The first-order valence-corrected chi connectivity index (χ1v) is 6.21. The molecular weight excluding hydrogens is 228 g/mol. The molecule has 0 spiro atoms. The van der Waals surface area contributed by atoms with E-state index < -0.39 is 11.6 Å². The molecule has 18 heavy (non-hydrogen) atoms. The van der Waals surface area contributed by atoms with Crippen LogP contribution in [0.5, 0.6) is 0 Å². The summed E-state index contributed by atoms with van der Waals surface area (Å²) in [5, 5.41) is 5.02. The molecule has 4 nitrogen and oxygen atoms in total. The number of nitrogens with one attached hydrogen (secondary N) is 2. The van der Waals surface area contributed by atoms with E-state index >= 15 is 0 Å². The van der Waals surface area contributed by atoms with E-state index in [1.54, 1.807) is 6.92 Å². The van der Waals surface area contributed by atoms with Crippen molar-refractivity contribution < 1.29 is 9.59 Å². The van der Waals surface area contributed by atoms with Crippen LogP contribution in [0.4, 0.5) is 4.79 Å². The van der Waals surface area contributed by atoms with Crippen LogP contribution in [-0.4, -0.2) is 11.9 Å². The van der Waals surface area contributed by atoms with Gasteiger partial charge >= 0.3 is 6.03 Å². The predicted octanol–water partition coefficient (Wildman–Crippen LogP) is 2.00. The lowest BCUT2D eigenvalue weighted by Crippen LogP contribution is -2.41. The zero-order valence-electron chi connectivity index (χ0n) is 11.0. The average Bonchev–Trinajstić information content (AvgIpc) is 2.53. The molecule has 0 radical (unpaired) electrons. The van der Waals surface area contributed by atoms with Gasteiger partial charge in [0.15, 0.2) is 0 Å². The zero-order valence-corrected chi connectivity index (χ0v) is 11.0. The Morgan fingerprint density at radius 1 is 1.28 bits per heavy atom. The van der Waals surface area contributed by atoms with Crippen molar-refractivity contribution >= 4 is 11.9 Å². The van der Waals surface area contributed by atoms with E-state index in [2.05, 4.69) is 23.6 Å². The Bertz CT molecular complexity index is 511. The third-order valence-corrected chi connectivity index (χ3v) is 3.36.